The van der Waals surface area contributed by atoms with Gasteiger partial charge >= 0.3 is 5.97 Å². The van der Waals surface area contributed by atoms with Crippen molar-refractivity contribution in [3.63, 3.8) is 0 Å². The molecule has 1 atom stereocenters. The highest BCUT2D eigenvalue weighted by Gasteiger charge is 2.25. The van der Waals surface area contributed by atoms with E-state index in [9.17, 15) is 18.0 Å². The molecule has 7 heteroatoms. The van der Waals surface area contributed by atoms with Gasteiger partial charge in [-0.2, -0.15) is 0 Å². The molecular weight excluding hydrogens is 318 g/mol. The van der Waals surface area contributed by atoms with E-state index in [0.717, 1.165) is 25.5 Å². The van der Waals surface area contributed by atoms with Crippen LogP contribution in [0.1, 0.15) is 36.5 Å². The molecule has 2 rings (SSSR count). The first kappa shape index (κ1) is 17.5. The standard InChI is InChI=1S/C16H21NO5S/c1-12-7-5-6-10-17(12)15(18)11-22-16(19)13-8-3-4-9-14(13)23(2,20)21/h3-4,8-9,12H,5-7,10-11H2,1-2H3/t12-/m0/s1. The maximum Gasteiger partial charge on any atom is 0.339 e. The quantitative estimate of drug-likeness (QED) is 0.779. The predicted molar refractivity (Wildman–Crippen MR) is 84.9 cm³/mol. The van der Waals surface area contributed by atoms with E-state index in [1.807, 2.05) is 6.92 Å². The lowest BCUT2D eigenvalue weighted by Crippen LogP contribution is -2.44. The van der Waals surface area contributed by atoms with E-state index in [0.29, 0.717) is 6.54 Å². The van der Waals surface area contributed by atoms with Crippen molar-refractivity contribution >= 4 is 21.7 Å². The molecule has 1 aliphatic heterocycles. The van der Waals surface area contributed by atoms with Crippen LogP contribution >= 0.6 is 0 Å². The summed E-state index contributed by atoms with van der Waals surface area (Å²) in [6.07, 6.45) is 4.00. The Labute approximate surface area is 136 Å². The smallest absolute Gasteiger partial charge is 0.339 e. The van der Waals surface area contributed by atoms with Gasteiger partial charge in [0.2, 0.25) is 0 Å². The van der Waals surface area contributed by atoms with Crippen LogP contribution in [-0.2, 0) is 19.4 Å². The Kier molecular flexibility index (Phi) is 5.41. The molecule has 6 nitrogen and oxygen atoms in total. The van der Waals surface area contributed by atoms with Gasteiger partial charge in [0.25, 0.3) is 5.91 Å². The summed E-state index contributed by atoms with van der Waals surface area (Å²) in [6.45, 7) is 2.26. The molecule has 0 aliphatic carbocycles. The molecule has 1 amide bonds. The largest absolute Gasteiger partial charge is 0.452 e. The number of rotatable bonds is 4. The van der Waals surface area contributed by atoms with E-state index in [-0.39, 0.29) is 29.0 Å². The molecule has 1 fully saturated rings. The van der Waals surface area contributed by atoms with Crippen molar-refractivity contribution in [2.75, 3.05) is 19.4 Å². The van der Waals surface area contributed by atoms with Crippen molar-refractivity contribution in [3.05, 3.63) is 29.8 Å². The summed E-state index contributed by atoms with van der Waals surface area (Å²) < 4.78 is 28.4. The fraction of sp³-hybridized carbons (Fsp3) is 0.500. The van der Waals surface area contributed by atoms with Crippen LogP contribution in [0.4, 0.5) is 0 Å². The molecule has 1 aliphatic rings. The maximum atomic E-state index is 12.2. The van der Waals surface area contributed by atoms with E-state index in [1.165, 1.54) is 18.2 Å². The third kappa shape index (κ3) is 4.31. The molecule has 0 aromatic heterocycles. The molecule has 126 valence electrons. The van der Waals surface area contributed by atoms with Crippen molar-refractivity contribution < 1.29 is 22.7 Å². The number of benzene rings is 1. The average Bonchev–Trinajstić information content (AvgIpc) is 2.52. The molecule has 0 spiro atoms. The Morgan fingerprint density at radius 3 is 2.61 bits per heavy atom. The van der Waals surface area contributed by atoms with Crippen LogP contribution in [0, 0.1) is 0 Å². The lowest BCUT2D eigenvalue weighted by molar-refractivity contribution is -0.137. The summed E-state index contributed by atoms with van der Waals surface area (Å²) in [5.74, 6) is -1.05. The Hall–Kier alpha value is -1.89. The van der Waals surface area contributed by atoms with Crippen LogP contribution in [-0.4, -0.2) is 50.6 Å². The molecule has 1 heterocycles. The second-order valence-corrected chi connectivity index (χ2v) is 7.76. The van der Waals surface area contributed by atoms with Gasteiger partial charge < -0.3 is 9.64 Å². The SMILES string of the molecule is C[C@H]1CCCCN1C(=O)COC(=O)c1ccccc1S(C)(=O)=O. The molecule has 1 aromatic rings. The van der Waals surface area contributed by atoms with Crippen LogP contribution in [0.2, 0.25) is 0 Å². The number of carbonyl (C=O) groups is 2. The number of hydrogen-bond donors (Lipinski definition) is 0. The fourth-order valence-electron chi connectivity index (χ4n) is 2.72. The van der Waals surface area contributed by atoms with Crippen LogP contribution in [0.5, 0.6) is 0 Å². The predicted octanol–water partition coefficient (Wildman–Crippen LogP) is 1.65. The highest BCUT2D eigenvalue weighted by atomic mass is 32.2. The van der Waals surface area contributed by atoms with Crippen LogP contribution in [0.3, 0.4) is 0 Å². The van der Waals surface area contributed by atoms with Crippen LogP contribution < -0.4 is 0 Å². The van der Waals surface area contributed by atoms with Gasteiger partial charge in [0.05, 0.1) is 10.5 Å². The van der Waals surface area contributed by atoms with Gasteiger partial charge in [-0.05, 0) is 38.3 Å². The maximum absolute atomic E-state index is 12.2. The zero-order chi connectivity index (χ0) is 17.0. The highest BCUT2D eigenvalue weighted by Crippen LogP contribution is 2.18. The van der Waals surface area contributed by atoms with Crippen LogP contribution in [0.15, 0.2) is 29.2 Å². The number of carbonyl (C=O) groups excluding carboxylic acids is 2. The van der Waals surface area contributed by atoms with Gasteiger partial charge in [0.15, 0.2) is 16.4 Å². The van der Waals surface area contributed by atoms with E-state index in [4.69, 9.17) is 4.74 Å². The minimum Gasteiger partial charge on any atom is -0.452 e. The topological polar surface area (TPSA) is 80.8 Å². The van der Waals surface area contributed by atoms with E-state index < -0.39 is 15.8 Å². The van der Waals surface area contributed by atoms with Gasteiger partial charge in [0.1, 0.15) is 0 Å². The normalized spacial score (nSPS) is 18.5. The lowest BCUT2D eigenvalue weighted by Gasteiger charge is -2.33. The first-order valence-electron chi connectivity index (χ1n) is 7.56. The number of piperidine rings is 1. The number of nitrogens with zero attached hydrogens (tertiary/aromatic N) is 1. The third-order valence-electron chi connectivity index (χ3n) is 3.96. The van der Waals surface area contributed by atoms with Crippen molar-refractivity contribution in [1.82, 2.24) is 4.90 Å². The molecule has 0 unspecified atom stereocenters. The number of sulfone groups is 1. The summed E-state index contributed by atoms with van der Waals surface area (Å²) in [7, 11) is -3.54. The second kappa shape index (κ2) is 7.12. The summed E-state index contributed by atoms with van der Waals surface area (Å²) in [4.78, 5) is 25.9. The molecule has 0 radical (unpaired) electrons. The zero-order valence-electron chi connectivity index (χ0n) is 13.3. The van der Waals surface area contributed by atoms with E-state index >= 15 is 0 Å². The first-order valence-corrected chi connectivity index (χ1v) is 9.45. The van der Waals surface area contributed by atoms with Crippen LogP contribution in [0.25, 0.3) is 0 Å². The van der Waals surface area contributed by atoms with Gasteiger partial charge in [-0.15, -0.1) is 0 Å². The fourth-order valence-corrected chi connectivity index (χ4v) is 3.59. The Morgan fingerprint density at radius 2 is 1.96 bits per heavy atom. The molecule has 1 aromatic carbocycles. The third-order valence-corrected chi connectivity index (χ3v) is 5.11. The number of amides is 1. The zero-order valence-corrected chi connectivity index (χ0v) is 14.1. The Bertz CT molecular complexity index is 698. The summed E-state index contributed by atoms with van der Waals surface area (Å²) in [6, 6.07) is 5.96. The molecular formula is C16H21NO5S. The second-order valence-electron chi connectivity index (χ2n) is 5.78. The molecule has 23 heavy (non-hydrogen) atoms. The lowest BCUT2D eigenvalue weighted by atomic mass is 10.0. The number of ether oxygens (including phenoxy) is 1. The van der Waals surface area contributed by atoms with E-state index in [2.05, 4.69) is 0 Å². The minimum atomic E-state index is -3.54. The molecule has 0 saturated carbocycles. The van der Waals surface area contributed by atoms with E-state index in [1.54, 1.807) is 11.0 Å². The van der Waals surface area contributed by atoms with Crippen molar-refractivity contribution in [2.24, 2.45) is 0 Å². The van der Waals surface area contributed by atoms with Gasteiger partial charge in [-0.25, -0.2) is 13.2 Å². The summed E-state index contributed by atoms with van der Waals surface area (Å²) in [5.41, 5.74) is -0.0468. The molecule has 0 N–H and O–H groups in total. The van der Waals surface area contributed by atoms with Gasteiger partial charge in [-0.1, -0.05) is 12.1 Å². The number of hydrogen-bond acceptors (Lipinski definition) is 5. The van der Waals surface area contributed by atoms with Gasteiger partial charge in [0, 0.05) is 18.8 Å². The van der Waals surface area contributed by atoms with Crippen molar-refractivity contribution in [3.8, 4) is 0 Å². The number of likely N-dealkylation sites (tertiary alicyclic amines) is 1. The monoisotopic (exact) mass is 339 g/mol. The summed E-state index contributed by atoms with van der Waals surface area (Å²) >= 11 is 0. The highest BCUT2D eigenvalue weighted by molar-refractivity contribution is 7.90. The first-order chi connectivity index (χ1) is 10.8. The molecule has 0 bridgehead atoms. The minimum absolute atomic E-state index is 0.0468. The average molecular weight is 339 g/mol. The van der Waals surface area contributed by atoms with Gasteiger partial charge in [-0.3, -0.25) is 4.79 Å². The molecule has 1 saturated heterocycles. The van der Waals surface area contributed by atoms with Crippen molar-refractivity contribution in [1.29, 1.82) is 0 Å². The summed E-state index contributed by atoms with van der Waals surface area (Å²) in [5, 5.41) is 0. The Balaban J connectivity index is 2.04. The van der Waals surface area contributed by atoms with Crippen molar-refractivity contribution in [2.45, 2.75) is 37.1 Å². The number of esters is 1. The Morgan fingerprint density at radius 1 is 1.26 bits per heavy atom.